The van der Waals surface area contributed by atoms with E-state index in [1.54, 1.807) is 12.1 Å². The lowest BCUT2D eigenvalue weighted by Gasteiger charge is -2.28. The van der Waals surface area contributed by atoms with E-state index in [-0.39, 0.29) is 29.8 Å². The van der Waals surface area contributed by atoms with Gasteiger partial charge in [-0.1, -0.05) is 26.7 Å². The van der Waals surface area contributed by atoms with Crippen LogP contribution in [0.4, 0.5) is 5.69 Å². The van der Waals surface area contributed by atoms with Gasteiger partial charge in [0.2, 0.25) is 5.91 Å². The number of anilines is 1. The van der Waals surface area contributed by atoms with Gasteiger partial charge in [0.05, 0.1) is 5.54 Å². The smallest absolute Gasteiger partial charge is 0.251 e. The van der Waals surface area contributed by atoms with E-state index in [2.05, 4.69) is 10.6 Å². The standard InChI is InChI=1S/C19H29N3O2.ClH/c1-13(2)10-17(23)21-16-7-6-15(11-14(16)3)18(24)22-19(12-20)8-4-5-9-19;/h6-7,11,13H,4-5,8-10,12,20H2,1-3H3,(H,21,23)(H,22,24);1H. The van der Waals surface area contributed by atoms with E-state index >= 15 is 0 Å². The van der Waals surface area contributed by atoms with Crippen LogP contribution in [-0.2, 0) is 4.79 Å². The lowest BCUT2D eigenvalue weighted by Crippen LogP contribution is -2.51. The normalized spacial score (nSPS) is 15.6. The lowest BCUT2D eigenvalue weighted by molar-refractivity contribution is -0.116. The molecule has 1 aliphatic carbocycles. The summed E-state index contributed by atoms with van der Waals surface area (Å²) >= 11 is 0. The number of nitrogens with two attached hydrogens (primary N) is 1. The molecule has 1 aromatic rings. The van der Waals surface area contributed by atoms with Crippen LogP contribution < -0.4 is 16.4 Å². The van der Waals surface area contributed by atoms with Crippen LogP contribution in [0.15, 0.2) is 18.2 Å². The molecule has 0 unspecified atom stereocenters. The second-order valence-corrected chi connectivity index (χ2v) is 7.32. The Bertz CT molecular complexity index is 611. The molecule has 6 heteroatoms. The van der Waals surface area contributed by atoms with Crippen molar-refractivity contribution in [3.05, 3.63) is 29.3 Å². The third-order valence-corrected chi connectivity index (χ3v) is 4.69. The summed E-state index contributed by atoms with van der Waals surface area (Å²) in [6.07, 6.45) is 4.59. The molecule has 0 saturated heterocycles. The lowest BCUT2D eigenvalue weighted by atomic mass is 9.97. The van der Waals surface area contributed by atoms with Crippen LogP contribution in [0.1, 0.15) is 61.9 Å². The molecule has 0 bridgehead atoms. The van der Waals surface area contributed by atoms with Crippen molar-refractivity contribution >= 4 is 29.9 Å². The summed E-state index contributed by atoms with van der Waals surface area (Å²) in [5.74, 6) is 0.220. The van der Waals surface area contributed by atoms with Crippen LogP contribution in [0.5, 0.6) is 0 Å². The fourth-order valence-corrected chi connectivity index (χ4v) is 3.26. The van der Waals surface area contributed by atoms with E-state index in [1.165, 1.54) is 0 Å². The zero-order valence-corrected chi connectivity index (χ0v) is 16.2. The molecule has 1 aliphatic rings. The van der Waals surface area contributed by atoms with Crippen LogP contribution in [-0.4, -0.2) is 23.9 Å². The number of halogens is 1. The monoisotopic (exact) mass is 367 g/mol. The summed E-state index contributed by atoms with van der Waals surface area (Å²) in [6, 6.07) is 5.37. The van der Waals surface area contributed by atoms with Crippen LogP contribution in [0.25, 0.3) is 0 Å². The highest BCUT2D eigenvalue weighted by Crippen LogP contribution is 2.29. The maximum atomic E-state index is 12.5. The van der Waals surface area contributed by atoms with Gasteiger partial charge in [0.15, 0.2) is 0 Å². The summed E-state index contributed by atoms with van der Waals surface area (Å²) in [6.45, 7) is 6.39. The molecule has 0 aliphatic heterocycles. The third kappa shape index (κ3) is 5.72. The fourth-order valence-electron chi connectivity index (χ4n) is 3.26. The second kappa shape index (κ2) is 9.20. The Morgan fingerprint density at radius 1 is 1.24 bits per heavy atom. The highest BCUT2D eigenvalue weighted by molar-refractivity contribution is 5.97. The molecular formula is C19H30ClN3O2. The van der Waals surface area contributed by atoms with E-state index in [4.69, 9.17) is 5.73 Å². The molecule has 140 valence electrons. The van der Waals surface area contributed by atoms with Crippen LogP contribution in [0, 0.1) is 12.8 Å². The summed E-state index contributed by atoms with van der Waals surface area (Å²) < 4.78 is 0. The number of carbonyl (C=O) groups is 2. The summed E-state index contributed by atoms with van der Waals surface area (Å²) in [4.78, 5) is 24.4. The number of rotatable bonds is 6. The summed E-state index contributed by atoms with van der Waals surface area (Å²) in [5, 5.41) is 6.03. The van der Waals surface area contributed by atoms with Crippen molar-refractivity contribution in [2.45, 2.75) is 58.4 Å². The highest BCUT2D eigenvalue weighted by atomic mass is 35.5. The number of carbonyl (C=O) groups excluding carboxylic acids is 2. The molecule has 25 heavy (non-hydrogen) atoms. The molecule has 0 aromatic heterocycles. The maximum absolute atomic E-state index is 12.5. The molecule has 0 spiro atoms. The molecule has 0 radical (unpaired) electrons. The van der Waals surface area contributed by atoms with Gasteiger partial charge in [-0.25, -0.2) is 0 Å². The minimum Gasteiger partial charge on any atom is -0.345 e. The first kappa shape index (κ1) is 21.5. The van der Waals surface area contributed by atoms with Crippen molar-refractivity contribution in [3.63, 3.8) is 0 Å². The van der Waals surface area contributed by atoms with Gasteiger partial charge >= 0.3 is 0 Å². The largest absolute Gasteiger partial charge is 0.345 e. The van der Waals surface area contributed by atoms with Crippen molar-refractivity contribution in [2.24, 2.45) is 11.7 Å². The van der Waals surface area contributed by atoms with Gasteiger partial charge in [-0.2, -0.15) is 0 Å². The Kier molecular flexibility index (Phi) is 7.90. The average Bonchev–Trinajstić information content (AvgIpc) is 2.97. The highest BCUT2D eigenvalue weighted by Gasteiger charge is 2.34. The van der Waals surface area contributed by atoms with E-state index in [1.807, 2.05) is 26.8 Å². The third-order valence-electron chi connectivity index (χ3n) is 4.69. The number of hydrogen-bond donors (Lipinski definition) is 3. The van der Waals surface area contributed by atoms with E-state index < -0.39 is 0 Å². The Hall–Kier alpha value is -1.59. The Balaban J connectivity index is 0.00000312. The van der Waals surface area contributed by atoms with E-state index in [0.717, 1.165) is 36.9 Å². The van der Waals surface area contributed by atoms with Crippen molar-refractivity contribution in [2.75, 3.05) is 11.9 Å². The SMILES string of the molecule is Cc1cc(C(=O)NC2(CN)CCCC2)ccc1NC(=O)CC(C)C.Cl. The predicted octanol–water partition coefficient (Wildman–Crippen LogP) is 3.40. The second-order valence-electron chi connectivity index (χ2n) is 7.32. The number of amides is 2. The minimum atomic E-state index is -0.255. The first-order valence-corrected chi connectivity index (χ1v) is 8.78. The summed E-state index contributed by atoms with van der Waals surface area (Å²) in [5.41, 5.74) is 7.87. The van der Waals surface area contributed by atoms with Gasteiger partial charge in [-0.05, 0) is 49.4 Å². The van der Waals surface area contributed by atoms with Gasteiger partial charge in [0.25, 0.3) is 5.91 Å². The number of benzene rings is 1. The van der Waals surface area contributed by atoms with Crippen molar-refractivity contribution < 1.29 is 9.59 Å². The fraction of sp³-hybridized carbons (Fsp3) is 0.579. The topological polar surface area (TPSA) is 84.2 Å². The van der Waals surface area contributed by atoms with Crippen molar-refractivity contribution in [1.29, 1.82) is 0 Å². The maximum Gasteiger partial charge on any atom is 0.251 e. The molecule has 1 saturated carbocycles. The predicted molar refractivity (Wildman–Crippen MR) is 104 cm³/mol. The molecule has 1 fully saturated rings. The average molecular weight is 368 g/mol. The quantitative estimate of drug-likeness (QED) is 0.720. The number of nitrogens with one attached hydrogen (secondary N) is 2. The first-order valence-electron chi connectivity index (χ1n) is 8.78. The molecule has 4 N–H and O–H groups in total. The van der Waals surface area contributed by atoms with E-state index in [9.17, 15) is 9.59 Å². The van der Waals surface area contributed by atoms with Gasteiger partial charge < -0.3 is 16.4 Å². The van der Waals surface area contributed by atoms with Crippen molar-refractivity contribution in [1.82, 2.24) is 5.32 Å². The molecule has 0 heterocycles. The van der Waals surface area contributed by atoms with Crippen LogP contribution >= 0.6 is 12.4 Å². The molecule has 2 amide bonds. The zero-order valence-electron chi connectivity index (χ0n) is 15.4. The van der Waals surface area contributed by atoms with Gasteiger partial charge in [-0.3, -0.25) is 9.59 Å². The van der Waals surface area contributed by atoms with Crippen LogP contribution in [0.2, 0.25) is 0 Å². The number of hydrogen-bond acceptors (Lipinski definition) is 3. The molecule has 0 atom stereocenters. The van der Waals surface area contributed by atoms with Gasteiger partial charge in [-0.15, -0.1) is 12.4 Å². The minimum absolute atomic E-state index is 0. The first-order chi connectivity index (χ1) is 11.3. The van der Waals surface area contributed by atoms with Crippen LogP contribution in [0.3, 0.4) is 0 Å². The zero-order chi connectivity index (χ0) is 17.7. The molecule has 2 rings (SSSR count). The van der Waals surface area contributed by atoms with Gasteiger partial charge in [0.1, 0.15) is 0 Å². The van der Waals surface area contributed by atoms with Crippen molar-refractivity contribution in [3.8, 4) is 0 Å². The van der Waals surface area contributed by atoms with E-state index in [0.29, 0.717) is 24.4 Å². The Morgan fingerprint density at radius 3 is 2.40 bits per heavy atom. The molecular weight excluding hydrogens is 338 g/mol. The van der Waals surface area contributed by atoms with Gasteiger partial charge in [0, 0.05) is 24.2 Å². The summed E-state index contributed by atoms with van der Waals surface area (Å²) in [7, 11) is 0. The number of aryl methyl sites for hydroxylation is 1. The molecule has 1 aromatic carbocycles. The Morgan fingerprint density at radius 2 is 1.88 bits per heavy atom. The molecule has 5 nitrogen and oxygen atoms in total. The Labute approximate surface area is 156 Å².